The molecule has 0 spiro atoms. The highest BCUT2D eigenvalue weighted by atomic mass is 16.5. The lowest BCUT2D eigenvalue weighted by Gasteiger charge is -2.04. The third-order valence-corrected chi connectivity index (χ3v) is 3.12. The minimum Gasteiger partial charge on any atom is -0.493 e. The molecule has 2 aromatic heterocycles. The van der Waals surface area contributed by atoms with E-state index < -0.39 is 0 Å². The van der Waals surface area contributed by atoms with E-state index in [9.17, 15) is 0 Å². The summed E-state index contributed by atoms with van der Waals surface area (Å²) < 4.78 is 11.1. The summed E-state index contributed by atoms with van der Waals surface area (Å²) in [4.78, 5) is 4.15. The summed E-state index contributed by atoms with van der Waals surface area (Å²) in [5.74, 6) is 1.62. The number of rotatable bonds is 4. The van der Waals surface area contributed by atoms with Crippen LogP contribution in [0.25, 0.3) is 11.0 Å². The summed E-state index contributed by atoms with van der Waals surface area (Å²) in [6.45, 7) is 2.63. The van der Waals surface area contributed by atoms with Crippen molar-refractivity contribution in [1.29, 1.82) is 0 Å². The van der Waals surface area contributed by atoms with E-state index >= 15 is 0 Å². The molecule has 0 atom stereocenters. The van der Waals surface area contributed by atoms with Gasteiger partial charge in [0.1, 0.15) is 5.76 Å². The van der Waals surface area contributed by atoms with Crippen LogP contribution in [0.5, 0.6) is 5.75 Å². The van der Waals surface area contributed by atoms with Crippen LogP contribution in [0, 0.1) is 6.92 Å². The number of fused-ring (bicyclic) bond motifs is 1. The fourth-order valence-electron chi connectivity index (χ4n) is 2.18. The summed E-state index contributed by atoms with van der Waals surface area (Å²) in [7, 11) is 1.65. The summed E-state index contributed by atoms with van der Waals surface area (Å²) in [5, 5.41) is 4.35. The highest BCUT2D eigenvalue weighted by molar-refractivity contribution is 5.83. The average molecular weight is 268 g/mol. The summed E-state index contributed by atoms with van der Waals surface area (Å²) in [6, 6.07) is 9.94. The minimum absolute atomic E-state index is 0.614. The van der Waals surface area contributed by atoms with E-state index in [1.165, 1.54) is 0 Å². The van der Waals surface area contributed by atoms with Crippen LogP contribution in [0.1, 0.15) is 11.3 Å². The van der Waals surface area contributed by atoms with E-state index in [1.54, 1.807) is 13.3 Å². The van der Waals surface area contributed by atoms with Gasteiger partial charge >= 0.3 is 0 Å². The normalized spacial score (nSPS) is 10.7. The molecule has 4 heteroatoms. The number of ether oxygens (including phenoxy) is 1. The highest BCUT2D eigenvalue weighted by Crippen LogP contribution is 2.28. The second-order valence-electron chi connectivity index (χ2n) is 4.70. The molecule has 0 saturated carbocycles. The van der Waals surface area contributed by atoms with Gasteiger partial charge in [-0.25, -0.2) is 0 Å². The van der Waals surface area contributed by atoms with Crippen molar-refractivity contribution in [2.75, 3.05) is 12.4 Å². The minimum atomic E-state index is 0.614. The molecule has 0 aliphatic rings. The van der Waals surface area contributed by atoms with Gasteiger partial charge in [0.05, 0.1) is 19.3 Å². The first-order chi connectivity index (χ1) is 9.76. The fourth-order valence-corrected chi connectivity index (χ4v) is 2.18. The molecule has 4 nitrogen and oxygen atoms in total. The Morgan fingerprint density at radius 3 is 2.95 bits per heavy atom. The van der Waals surface area contributed by atoms with Gasteiger partial charge in [-0.05, 0) is 30.7 Å². The number of methoxy groups -OCH3 is 1. The van der Waals surface area contributed by atoms with Crippen molar-refractivity contribution in [3.63, 3.8) is 0 Å². The van der Waals surface area contributed by atoms with Crippen LogP contribution >= 0.6 is 0 Å². The Hall–Kier alpha value is -2.49. The number of nitrogens with zero attached hydrogens (tertiary/aromatic N) is 1. The maximum absolute atomic E-state index is 5.83. The maximum atomic E-state index is 5.83. The van der Waals surface area contributed by atoms with E-state index in [4.69, 9.17) is 9.15 Å². The standard InChI is InChI=1S/C16H16N2O2/c1-11-6-13(9-17-8-11)18-10-14-7-12-4-3-5-15(19-2)16(12)20-14/h3-9,18H,10H2,1-2H3. The van der Waals surface area contributed by atoms with Crippen LogP contribution in [0.2, 0.25) is 0 Å². The number of para-hydroxylation sites is 1. The second kappa shape index (κ2) is 5.25. The van der Waals surface area contributed by atoms with Crippen LogP contribution in [0.15, 0.2) is 47.1 Å². The number of hydrogen-bond acceptors (Lipinski definition) is 4. The zero-order valence-electron chi connectivity index (χ0n) is 11.5. The van der Waals surface area contributed by atoms with Crippen LogP contribution in [-0.4, -0.2) is 12.1 Å². The second-order valence-corrected chi connectivity index (χ2v) is 4.70. The Morgan fingerprint density at radius 1 is 1.25 bits per heavy atom. The monoisotopic (exact) mass is 268 g/mol. The first-order valence-corrected chi connectivity index (χ1v) is 6.47. The van der Waals surface area contributed by atoms with Crippen LogP contribution in [0.3, 0.4) is 0 Å². The first-order valence-electron chi connectivity index (χ1n) is 6.47. The lowest BCUT2D eigenvalue weighted by Crippen LogP contribution is -1.98. The van der Waals surface area contributed by atoms with Crippen molar-refractivity contribution in [2.45, 2.75) is 13.5 Å². The zero-order valence-corrected chi connectivity index (χ0v) is 11.5. The van der Waals surface area contributed by atoms with E-state index in [1.807, 2.05) is 37.4 Å². The lowest BCUT2D eigenvalue weighted by molar-refractivity contribution is 0.408. The van der Waals surface area contributed by atoms with Gasteiger partial charge in [-0.3, -0.25) is 4.98 Å². The number of aryl methyl sites for hydroxylation is 1. The van der Waals surface area contributed by atoms with E-state index in [-0.39, 0.29) is 0 Å². The molecule has 2 heterocycles. The smallest absolute Gasteiger partial charge is 0.176 e. The fraction of sp³-hybridized carbons (Fsp3) is 0.188. The lowest BCUT2D eigenvalue weighted by atomic mass is 10.2. The van der Waals surface area contributed by atoms with Gasteiger partial charge in [-0.1, -0.05) is 12.1 Å². The topological polar surface area (TPSA) is 47.3 Å². The quantitative estimate of drug-likeness (QED) is 0.782. The molecule has 0 amide bonds. The number of benzene rings is 1. The predicted molar refractivity (Wildman–Crippen MR) is 79.1 cm³/mol. The molecule has 1 N–H and O–H groups in total. The van der Waals surface area contributed by atoms with Crippen LogP contribution in [0.4, 0.5) is 5.69 Å². The van der Waals surface area contributed by atoms with Gasteiger partial charge < -0.3 is 14.5 Å². The molecule has 3 aromatic rings. The molecule has 0 unspecified atom stereocenters. The van der Waals surface area contributed by atoms with Crippen LogP contribution in [-0.2, 0) is 6.54 Å². The Morgan fingerprint density at radius 2 is 2.15 bits per heavy atom. The molecule has 102 valence electrons. The Kier molecular flexibility index (Phi) is 3.29. The van der Waals surface area contributed by atoms with Crippen molar-refractivity contribution in [3.8, 4) is 5.75 Å². The third-order valence-electron chi connectivity index (χ3n) is 3.12. The van der Waals surface area contributed by atoms with Crippen molar-refractivity contribution >= 4 is 16.7 Å². The van der Waals surface area contributed by atoms with Crippen molar-refractivity contribution in [3.05, 3.63) is 54.0 Å². The predicted octanol–water partition coefficient (Wildman–Crippen LogP) is 3.76. The number of nitrogens with one attached hydrogen (secondary N) is 1. The molecular weight excluding hydrogens is 252 g/mol. The number of furan rings is 1. The van der Waals surface area contributed by atoms with Crippen molar-refractivity contribution < 1.29 is 9.15 Å². The largest absolute Gasteiger partial charge is 0.493 e. The molecule has 1 aromatic carbocycles. The zero-order chi connectivity index (χ0) is 13.9. The van der Waals surface area contributed by atoms with E-state index in [0.29, 0.717) is 6.54 Å². The molecule has 0 saturated heterocycles. The number of pyridine rings is 1. The molecule has 0 aliphatic heterocycles. The third kappa shape index (κ3) is 2.45. The number of aromatic nitrogens is 1. The Bertz CT molecular complexity index is 734. The summed E-state index contributed by atoms with van der Waals surface area (Å²) in [6.07, 6.45) is 3.63. The molecular formula is C16H16N2O2. The summed E-state index contributed by atoms with van der Waals surface area (Å²) >= 11 is 0. The van der Waals surface area contributed by atoms with Gasteiger partial charge in [0, 0.05) is 17.8 Å². The molecule has 0 radical (unpaired) electrons. The molecule has 3 rings (SSSR count). The molecule has 0 fully saturated rings. The van der Waals surface area contributed by atoms with Gasteiger partial charge in [-0.15, -0.1) is 0 Å². The number of hydrogen-bond donors (Lipinski definition) is 1. The van der Waals surface area contributed by atoms with Gasteiger partial charge in [-0.2, -0.15) is 0 Å². The Balaban J connectivity index is 1.81. The van der Waals surface area contributed by atoms with E-state index in [0.717, 1.165) is 33.7 Å². The SMILES string of the molecule is COc1cccc2cc(CNc3cncc(C)c3)oc12. The number of anilines is 1. The molecule has 0 aliphatic carbocycles. The van der Waals surface area contributed by atoms with Gasteiger partial charge in [0.2, 0.25) is 0 Å². The maximum Gasteiger partial charge on any atom is 0.176 e. The van der Waals surface area contributed by atoms with Crippen molar-refractivity contribution in [2.24, 2.45) is 0 Å². The molecule has 20 heavy (non-hydrogen) atoms. The average Bonchev–Trinajstić information content (AvgIpc) is 2.88. The van der Waals surface area contributed by atoms with Crippen molar-refractivity contribution in [1.82, 2.24) is 4.98 Å². The Labute approximate surface area is 117 Å². The highest BCUT2D eigenvalue weighted by Gasteiger charge is 2.08. The first kappa shape index (κ1) is 12.5. The molecule has 0 bridgehead atoms. The van der Waals surface area contributed by atoms with Crippen LogP contribution < -0.4 is 10.1 Å². The van der Waals surface area contributed by atoms with Gasteiger partial charge in [0.25, 0.3) is 0 Å². The van der Waals surface area contributed by atoms with E-state index in [2.05, 4.69) is 16.4 Å². The summed E-state index contributed by atoms with van der Waals surface area (Å²) in [5.41, 5.74) is 2.90. The van der Waals surface area contributed by atoms with Gasteiger partial charge in [0.15, 0.2) is 11.3 Å².